The first-order chi connectivity index (χ1) is 10.6. The molecule has 1 N–H and O–H groups in total. The van der Waals surface area contributed by atoms with Crippen LogP contribution in [0.25, 0.3) is 0 Å². The third kappa shape index (κ3) is 3.30. The molecule has 5 nitrogen and oxygen atoms in total. The quantitative estimate of drug-likeness (QED) is 0.926. The van der Waals surface area contributed by atoms with E-state index in [-0.39, 0.29) is 18.1 Å². The van der Waals surface area contributed by atoms with Crippen molar-refractivity contribution in [3.8, 4) is 0 Å². The highest BCUT2D eigenvalue weighted by molar-refractivity contribution is 6.01. The van der Waals surface area contributed by atoms with Crippen molar-refractivity contribution >= 4 is 11.6 Å². The zero-order chi connectivity index (χ0) is 15.5. The molecule has 1 amide bonds. The van der Waals surface area contributed by atoms with E-state index in [1.54, 1.807) is 0 Å². The maximum Gasteiger partial charge on any atom is 0.249 e. The number of amides is 1. The van der Waals surface area contributed by atoms with E-state index in [0.717, 1.165) is 24.1 Å². The molecule has 0 aromatic heterocycles. The predicted octanol–water partition coefficient (Wildman–Crippen LogP) is 2.09. The topological polar surface area (TPSA) is 59.9 Å². The van der Waals surface area contributed by atoms with Crippen LogP contribution < -0.4 is 5.32 Å². The largest absolute Gasteiger partial charge is 0.390 e. The fourth-order valence-corrected chi connectivity index (χ4v) is 2.74. The van der Waals surface area contributed by atoms with Crippen LogP contribution >= 0.6 is 0 Å². The summed E-state index contributed by atoms with van der Waals surface area (Å²) in [6, 6.07) is 6.29. The van der Waals surface area contributed by atoms with E-state index in [2.05, 4.69) is 42.5 Å². The SMILES string of the molecule is Cc1ccc(C2=NO[C@@H](CNC(=O)[C@@H]3CCCO3)C2)cc1C. The zero-order valence-corrected chi connectivity index (χ0v) is 13.1. The van der Waals surface area contributed by atoms with Gasteiger partial charge in [0.1, 0.15) is 12.2 Å². The van der Waals surface area contributed by atoms with Gasteiger partial charge in [0.25, 0.3) is 0 Å². The highest BCUT2D eigenvalue weighted by Gasteiger charge is 2.27. The zero-order valence-electron chi connectivity index (χ0n) is 13.1. The first-order valence-electron chi connectivity index (χ1n) is 7.83. The molecule has 1 aromatic carbocycles. The number of carbonyl (C=O) groups is 1. The van der Waals surface area contributed by atoms with Crippen LogP contribution in [0.4, 0.5) is 0 Å². The molecule has 0 bridgehead atoms. The Balaban J connectivity index is 1.51. The minimum Gasteiger partial charge on any atom is -0.390 e. The molecule has 0 saturated carbocycles. The Morgan fingerprint density at radius 2 is 2.23 bits per heavy atom. The summed E-state index contributed by atoms with van der Waals surface area (Å²) in [5, 5.41) is 7.06. The smallest absolute Gasteiger partial charge is 0.249 e. The van der Waals surface area contributed by atoms with Crippen LogP contribution in [0.15, 0.2) is 23.4 Å². The van der Waals surface area contributed by atoms with Crippen molar-refractivity contribution < 1.29 is 14.4 Å². The van der Waals surface area contributed by atoms with E-state index >= 15 is 0 Å². The fraction of sp³-hybridized carbons (Fsp3) is 0.529. The van der Waals surface area contributed by atoms with Gasteiger partial charge in [-0.3, -0.25) is 4.79 Å². The second-order valence-electron chi connectivity index (χ2n) is 6.02. The molecular weight excluding hydrogens is 280 g/mol. The van der Waals surface area contributed by atoms with Gasteiger partial charge in [-0.15, -0.1) is 0 Å². The molecule has 3 rings (SSSR count). The molecule has 2 aliphatic heterocycles. The maximum absolute atomic E-state index is 11.9. The van der Waals surface area contributed by atoms with Gasteiger partial charge >= 0.3 is 0 Å². The Labute approximate surface area is 130 Å². The van der Waals surface area contributed by atoms with Gasteiger partial charge < -0.3 is 14.9 Å². The highest BCUT2D eigenvalue weighted by Crippen LogP contribution is 2.19. The number of nitrogens with one attached hydrogen (secondary N) is 1. The standard InChI is InChI=1S/C17H22N2O3/c1-11-5-6-13(8-12(11)2)15-9-14(22-19-15)10-18-17(20)16-4-3-7-21-16/h5-6,8,14,16H,3-4,7,9-10H2,1-2H3,(H,18,20)/t14-,16+/m1/s1. The second-order valence-corrected chi connectivity index (χ2v) is 6.02. The number of ether oxygens (including phenoxy) is 1. The summed E-state index contributed by atoms with van der Waals surface area (Å²) >= 11 is 0. The number of aryl methyl sites for hydroxylation is 2. The lowest BCUT2D eigenvalue weighted by Gasteiger charge is -2.13. The Kier molecular flexibility index (Phi) is 4.43. The summed E-state index contributed by atoms with van der Waals surface area (Å²) < 4.78 is 5.36. The monoisotopic (exact) mass is 302 g/mol. The van der Waals surface area contributed by atoms with Gasteiger partial charge in [-0.05, 0) is 49.4 Å². The molecule has 0 unspecified atom stereocenters. The molecule has 1 saturated heterocycles. The summed E-state index contributed by atoms with van der Waals surface area (Å²) in [4.78, 5) is 17.3. The number of rotatable bonds is 4. The Morgan fingerprint density at radius 3 is 2.95 bits per heavy atom. The lowest BCUT2D eigenvalue weighted by Crippen LogP contribution is -2.38. The number of benzene rings is 1. The number of nitrogens with zero attached hydrogens (tertiary/aromatic N) is 1. The van der Waals surface area contributed by atoms with Crippen molar-refractivity contribution in [2.45, 2.75) is 45.3 Å². The fourth-order valence-electron chi connectivity index (χ4n) is 2.74. The normalized spacial score (nSPS) is 24.0. The van der Waals surface area contributed by atoms with Crippen LogP contribution in [0.2, 0.25) is 0 Å². The number of hydrogen-bond donors (Lipinski definition) is 1. The average molecular weight is 302 g/mol. The van der Waals surface area contributed by atoms with Crippen molar-refractivity contribution in [3.63, 3.8) is 0 Å². The lowest BCUT2D eigenvalue weighted by atomic mass is 10.0. The highest BCUT2D eigenvalue weighted by atomic mass is 16.6. The molecule has 5 heteroatoms. The Bertz CT molecular complexity index is 592. The molecular formula is C17H22N2O3. The Hall–Kier alpha value is -1.88. The third-order valence-corrected chi connectivity index (χ3v) is 4.30. The molecule has 0 radical (unpaired) electrons. The number of carbonyl (C=O) groups excluding carboxylic acids is 1. The third-order valence-electron chi connectivity index (χ3n) is 4.30. The van der Waals surface area contributed by atoms with Crippen LogP contribution in [0.3, 0.4) is 0 Å². The molecule has 1 fully saturated rings. The molecule has 2 heterocycles. The minimum absolute atomic E-state index is 0.0410. The molecule has 2 atom stereocenters. The first kappa shape index (κ1) is 15.0. The van der Waals surface area contributed by atoms with Crippen LogP contribution in [0, 0.1) is 13.8 Å². The van der Waals surface area contributed by atoms with Crippen LogP contribution in [0.5, 0.6) is 0 Å². The average Bonchev–Trinajstić information content (AvgIpc) is 3.19. The first-order valence-corrected chi connectivity index (χ1v) is 7.83. The van der Waals surface area contributed by atoms with Crippen LogP contribution in [0.1, 0.15) is 36.0 Å². The summed E-state index contributed by atoms with van der Waals surface area (Å²) in [5.74, 6) is -0.0410. The molecule has 22 heavy (non-hydrogen) atoms. The van der Waals surface area contributed by atoms with E-state index in [4.69, 9.17) is 9.57 Å². The molecule has 118 valence electrons. The van der Waals surface area contributed by atoms with Crippen molar-refractivity contribution in [2.75, 3.05) is 13.2 Å². The van der Waals surface area contributed by atoms with Crippen molar-refractivity contribution in [3.05, 3.63) is 34.9 Å². The Morgan fingerprint density at radius 1 is 1.36 bits per heavy atom. The molecule has 0 spiro atoms. The van der Waals surface area contributed by atoms with Gasteiger partial charge in [-0.25, -0.2) is 0 Å². The maximum atomic E-state index is 11.9. The van der Waals surface area contributed by atoms with E-state index in [9.17, 15) is 4.79 Å². The van der Waals surface area contributed by atoms with Crippen molar-refractivity contribution in [1.82, 2.24) is 5.32 Å². The molecule has 1 aromatic rings. The van der Waals surface area contributed by atoms with E-state index in [0.29, 0.717) is 19.6 Å². The predicted molar refractivity (Wildman–Crippen MR) is 83.9 cm³/mol. The number of oxime groups is 1. The van der Waals surface area contributed by atoms with Crippen molar-refractivity contribution in [2.24, 2.45) is 5.16 Å². The molecule has 0 aliphatic carbocycles. The van der Waals surface area contributed by atoms with Crippen LogP contribution in [-0.2, 0) is 14.4 Å². The summed E-state index contributed by atoms with van der Waals surface area (Å²) in [6.45, 7) is 5.33. The number of hydrogen-bond acceptors (Lipinski definition) is 4. The van der Waals surface area contributed by atoms with Crippen LogP contribution in [-0.4, -0.2) is 37.0 Å². The van der Waals surface area contributed by atoms with Gasteiger partial charge in [0, 0.05) is 13.0 Å². The second kappa shape index (κ2) is 6.48. The van der Waals surface area contributed by atoms with E-state index in [1.807, 2.05) is 0 Å². The van der Waals surface area contributed by atoms with E-state index < -0.39 is 0 Å². The van der Waals surface area contributed by atoms with Crippen molar-refractivity contribution in [1.29, 1.82) is 0 Å². The minimum atomic E-state index is -0.290. The van der Waals surface area contributed by atoms with Gasteiger partial charge in [0.15, 0.2) is 0 Å². The van der Waals surface area contributed by atoms with Gasteiger partial charge in [-0.2, -0.15) is 0 Å². The summed E-state index contributed by atoms with van der Waals surface area (Å²) in [5.41, 5.74) is 4.55. The van der Waals surface area contributed by atoms with Gasteiger partial charge in [0.2, 0.25) is 5.91 Å². The summed E-state index contributed by atoms with van der Waals surface area (Å²) in [7, 11) is 0. The molecule has 2 aliphatic rings. The van der Waals surface area contributed by atoms with E-state index in [1.165, 1.54) is 11.1 Å². The summed E-state index contributed by atoms with van der Waals surface area (Å²) in [6.07, 6.45) is 2.09. The van der Waals surface area contributed by atoms with Gasteiger partial charge in [-0.1, -0.05) is 17.3 Å². The lowest BCUT2D eigenvalue weighted by molar-refractivity contribution is -0.130. The van der Waals surface area contributed by atoms with Gasteiger partial charge in [0.05, 0.1) is 12.3 Å².